The molecule has 0 saturated heterocycles. The van der Waals surface area contributed by atoms with Crippen LogP contribution in [0, 0.1) is 12.8 Å². The van der Waals surface area contributed by atoms with Gasteiger partial charge in [0.1, 0.15) is 5.01 Å². The number of carbonyl (C=O) groups excluding carboxylic acids is 1. The minimum absolute atomic E-state index is 0.00269. The standard InChI is InChI=1S/C19H24N2O2S/c1-13-12-24-18(20-13)14-7-5-8-15(10-14)19(23)21(2)11-16-6-3-4-9-17(16)22/h5,7-8,10,12,16-17,22H,3-4,6,9,11H2,1-2H3. The molecule has 4 nitrogen and oxygen atoms in total. The van der Waals surface area contributed by atoms with Crippen molar-refractivity contribution in [2.24, 2.45) is 5.92 Å². The fraction of sp³-hybridized carbons (Fsp3) is 0.474. The molecule has 1 aromatic heterocycles. The molecule has 0 bridgehead atoms. The molecular weight excluding hydrogens is 320 g/mol. The maximum Gasteiger partial charge on any atom is 0.253 e. The second-order valence-electron chi connectivity index (χ2n) is 6.67. The summed E-state index contributed by atoms with van der Waals surface area (Å²) in [6.45, 7) is 2.58. The number of benzene rings is 1. The number of thiazole rings is 1. The molecule has 2 aromatic rings. The number of nitrogens with zero attached hydrogens (tertiary/aromatic N) is 2. The molecule has 2 atom stereocenters. The minimum atomic E-state index is -0.279. The van der Waals surface area contributed by atoms with Gasteiger partial charge in [-0.1, -0.05) is 25.0 Å². The van der Waals surface area contributed by atoms with Crippen LogP contribution in [0.15, 0.2) is 29.6 Å². The first kappa shape index (κ1) is 17.1. The predicted molar refractivity (Wildman–Crippen MR) is 97.2 cm³/mol. The molecule has 1 aromatic carbocycles. The van der Waals surface area contributed by atoms with Crippen LogP contribution < -0.4 is 0 Å². The first-order chi connectivity index (χ1) is 11.5. The summed E-state index contributed by atoms with van der Waals surface area (Å²) in [6.07, 6.45) is 3.80. The molecule has 0 aliphatic heterocycles. The van der Waals surface area contributed by atoms with Gasteiger partial charge in [0.25, 0.3) is 5.91 Å². The maximum atomic E-state index is 12.7. The number of hydrogen-bond acceptors (Lipinski definition) is 4. The molecule has 1 saturated carbocycles. The van der Waals surface area contributed by atoms with Crippen molar-refractivity contribution in [3.8, 4) is 10.6 Å². The Balaban J connectivity index is 1.72. The van der Waals surface area contributed by atoms with Gasteiger partial charge in [0, 0.05) is 41.7 Å². The lowest BCUT2D eigenvalue weighted by molar-refractivity contribution is 0.0451. The number of aryl methyl sites for hydroxylation is 1. The van der Waals surface area contributed by atoms with Gasteiger partial charge in [0.15, 0.2) is 0 Å². The molecule has 1 aliphatic carbocycles. The summed E-state index contributed by atoms with van der Waals surface area (Å²) in [5, 5.41) is 13.1. The lowest BCUT2D eigenvalue weighted by Crippen LogP contribution is -2.38. The molecular formula is C19H24N2O2S. The van der Waals surface area contributed by atoms with E-state index in [2.05, 4.69) is 4.98 Å². The van der Waals surface area contributed by atoms with E-state index in [1.54, 1.807) is 16.2 Å². The molecule has 128 valence electrons. The van der Waals surface area contributed by atoms with Gasteiger partial charge in [-0.2, -0.15) is 0 Å². The average molecular weight is 344 g/mol. The smallest absolute Gasteiger partial charge is 0.253 e. The Morgan fingerprint density at radius 3 is 2.88 bits per heavy atom. The molecule has 1 heterocycles. The zero-order chi connectivity index (χ0) is 17.1. The van der Waals surface area contributed by atoms with E-state index in [1.807, 2.05) is 43.6 Å². The third-order valence-corrected chi connectivity index (χ3v) is 5.71. The van der Waals surface area contributed by atoms with Gasteiger partial charge in [-0.3, -0.25) is 4.79 Å². The summed E-state index contributed by atoms with van der Waals surface area (Å²) in [5.74, 6) is 0.195. The zero-order valence-corrected chi connectivity index (χ0v) is 15.1. The summed E-state index contributed by atoms with van der Waals surface area (Å²) >= 11 is 1.59. The second-order valence-corrected chi connectivity index (χ2v) is 7.53. The molecule has 24 heavy (non-hydrogen) atoms. The van der Waals surface area contributed by atoms with E-state index >= 15 is 0 Å². The fourth-order valence-electron chi connectivity index (χ4n) is 3.33. The third kappa shape index (κ3) is 3.84. The summed E-state index contributed by atoms with van der Waals surface area (Å²) in [7, 11) is 1.82. The highest BCUT2D eigenvalue weighted by Crippen LogP contribution is 2.27. The first-order valence-electron chi connectivity index (χ1n) is 8.50. The van der Waals surface area contributed by atoms with E-state index in [1.165, 1.54) is 0 Å². The average Bonchev–Trinajstić information content (AvgIpc) is 3.03. The van der Waals surface area contributed by atoms with Gasteiger partial charge in [0.05, 0.1) is 6.10 Å². The van der Waals surface area contributed by atoms with Crippen LogP contribution in [-0.4, -0.2) is 40.6 Å². The number of carbonyl (C=O) groups is 1. The Morgan fingerprint density at radius 2 is 2.17 bits per heavy atom. The van der Waals surface area contributed by atoms with E-state index in [0.717, 1.165) is 41.9 Å². The third-order valence-electron chi connectivity index (χ3n) is 4.70. The van der Waals surface area contributed by atoms with E-state index in [-0.39, 0.29) is 17.9 Å². The molecule has 0 spiro atoms. The van der Waals surface area contributed by atoms with Crippen LogP contribution >= 0.6 is 11.3 Å². The number of aliphatic hydroxyl groups is 1. The van der Waals surface area contributed by atoms with Crippen LogP contribution in [0.5, 0.6) is 0 Å². The van der Waals surface area contributed by atoms with Crippen molar-refractivity contribution in [2.45, 2.75) is 38.7 Å². The van der Waals surface area contributed by atoms with Gasteiger partial charge < -0.3 is 10.0 Å². The Morgan fingerprint density at radius 1 is 1.38 bits per heavy atom. The normalized spacial score (nSPS) is 20.8. The van der Waals surface area contributed by atoms with Crippen molar-refractivity contribution < 1.29 is 9.90 Å². The van der Waals surface area contributed by atoms with Gasteiger partial charge >= 0.3 is 0 Å². The molecule has 1 N–H and O–H groups in total. The van der Waals surface area contributed by atoms with Crippen molar-refractivity contribution in [3.05, 3.63) is 40.9 Å². The van der Waals surface area contributed by atoms with Crippen molar-refractivity contribution in [3.63, 3.8) is 0 Å². The van der Waals surface area contributed by atoms with Crippen LogP contribution in [0.2, 0.25) is 0 Å². The topological polar surface area (TPSA) is 53.4 Å². The summed E-state index contributed by atoms with van der Waals surface area (Å²) in [6, 6.07) is 7.65. The molecule has 5 heteroatoms. The van der Waals surface area contributed by atoms with Crippen LogP contribution in [-0.2, 0) is 0 Å². The molecule has 3 rings (SSSR count). The van der Waals surface area contributed by atoms with E-state index < -0.39 is 0 Å². The number of amides is 1. The molecule has 2 unspecified atom stereocenters. The number of rotatable bonds is 4. The van der Waals surface area contributed by atoms with Crippen molar-refractivity contribution >= 4 is 17.2 Å². The van der Waals surface area contributed by atoms with Crippen LogP contribution in [0.25, 0.3) is 10.6 Å². The lowest BCUT2D eigenvalue weighted by atomic mass is 9.86. The summed E-state index contributed by atoms with van der Waals surface area (Å²) in [4.78, 5) is 19.0. The van der Waals surface area contributed by atoms with Crippen LogP contribution in [0.1, 0.15) is 41.7 Å². The van der Waals surface area contributed by atoms with E-state index in [4.69, 9.17) is 0 Å². The second kappa shape index (κ2) is 7.45. The fourth-order valence-corrected chi connectivity index (χ4v) is 4.12. The summed E-state index contributed by atoms with van der Waals surface area (Å²) in [5.41, 5.74) is 2.65. The van der Waals surface area contributed by atoms with Gasteiger partial charge in [-0.15, -0.1) is 11.3 Å². The van der Waals surface area contributed by atoms with Gasteiger partial charge in [-0.25, -0.2) is 4.98 Å². The monoisotopic (exact) mass is 344 g/mol. The van der Waals surface area contributed by atoms with Crippen molar-refractivity contribution in [1.29, 1.82) is 0 Å². The maximum absolute atomic E-state index is 12.7. The molecule has 1 aliphatic rings. The largest absolute Gasteiger partial charge is 0.393 e. The number of aliphatic hydroxyl groups excluding tert-OH is 1. The predicted octanol–water partition coefficient (Wildman–Crippen LogP) is 3.74. The van der Waals surface area contributed by atoms with Gasteiger partial charge in [-0.05, 0) is 31.9 Å². The lowest BCUT2D eigenvalue weighted by Gasteiger charge is -2.31. The van der Waals surface area contributed by atoms with Crippen LogP contribution in [0.4, 0.5) is 0 Å². The van der Waals surface area contributed by atoms with Crippen LogP contribution in [0.3, 0.4) is 0 Å². The Bertz CT molecular complexity index is 713. The highest BCUT2D eigenvalue weighted by molar-refractivity contribution is 7.13. The molecule has 1 amide bonds. The quantitative estimate of drug-likeness (QED) is 0.919. The van der Waals surface area contributed by atoms with Crippen molar-refractivity contribution in [1.82, 2.24) is 9.88 Å². The van der Waals surface area contributed by atoms with E-state index in [0.29, 0.717) is 12.1 Å². The Labute approximate surface area is 147 Å². The van der Waals surface area contributed by atoms with E-state index in [9.17, 15) is 9.90 Å². The van der Waals surface area contributed by atoms with Crippen molar-refractivity contribution in [2.75, 3.05) is 13.6 Å². The highest BCUT2D eigenvalue weighted by Gasteiger charge is 2.26. The number of hydrogen-bond donors (Lipinski definition) is 1. The SMILES string of the molecule is Cc1csc(-c2cccc(C(=O)N(C)CC3CCCCC3O)c2)n1. The Hall–Kier alpha value is -1.72. The minimum Gasteiger partial charge on any atom is -0.393 e. The molecule has 0 radical (unpaired) electrons. The first-order valence-corrected chi connectivity index (χ1v) is 9.38. The number of aromatic nitrogens is 1. The van der Waals surface area contributed by atoms with Gasteiger partial charge in [0.2, 0.25) is 0 Å². The highest BCUT2D eigenvalue weighted by atomic mass is 32.1. The zero-order valence-electron chi connectivity index (χ0n) is 14.2. The molecule has 1 fully saturated rings. The Kier molecular flexibility index (Phi) is 5.31. The summed E-state index contributed by atoms with van der Waals surface area (Å²) < 4.78 is 0.